The number of nitriles is 1. The first-order valence-electron chi connectivity index (χ1n) is 10.7. The van der Waals surface area contributed by atoms with Crippen LogP contribution in [0.2, 0.25) is 5.02 Å². The van der Waals surface area contributed by atoms with Crippen LogP contribution in [0.15, 0.2) is 30.6 Å². The lowest BCUT2D eigenvalue weighted by molar-refractivity contribution is -0.292. The number of carbonyl (C=O) groups excluding carboxylic acids is 1. The number of hydrogen-bond donors (Lipinski definition) is 1. The third kappa shape index (κ3) is 5.74. The van der Waals surface area contributed by atoms with Crippen LogP contribution in [0, 0.1) is 11.3 Å². The van der Waals surface area contributed by atoms with E-state index in [1.54, 1.807) is 0 Å². The topological polar surface area (TPSA) is 88.5 Å². The number of nitrogens with one attached hydrogen (secondary N) is 1. The van der Waals surface area contributed by atoms with Crippen LogP contribution in [0.5, 0.6) is 0 Å². The van der Waals surface area contributed by atoms with Gasteiger partial charge in [-0.2, -0.15) is 50.6 Å². The summed E-state index contributed by atoms with van der Waals surface area (Å²) in [7, 11) is 0.767. The minimum absolute atomic E-state index is 0.0146. The lowest BCUT2D eigenvalue weighted by Gasteiger charge is -2.19. The average molecular weight is 569 g/mol. The van der Waals surface area contributed by atoms with E-state index in [0.29, 0.717) is 23.9 Å². The molecule has 0 saturated carbocycles. The second-order valence-electron chi connectivity index (χ2n) is 7.98. The summed E-state index contributed by atoms with van der Waals surface area (Å²) in [6, 6.07) is 6.03. The van der Waals surface area contributed by atoms with E-state index < -0.39 is 41.3 Å². The van der Waals surface area contributed by atoms with Crippen LogP contribution < -0.4 is 5.32 Å². The number of rotatable bonds is 8. The molecule has 0 unspecified atom stereocenters. The molecule has 0 saturated heterocycles. The van der Waals surface area contributed by atoms with Gasteiger partial charge in [-0.3, -0.25) is 4.79 Å². The van der Waals surface area contributed by atoms with E-state index in [9.17, 15) is 39.9 Å². The minimum Gasteiger partial charge on any atom is -0.352 e. The van der Waals surface area contributed by atoms with Crippen molar-refractivity contribution in [3.8, 4) is 23.0 Å². The highest BCUT2D eigenvalue weighted by Crippen LogP contribution is 2.49. The fourth-order valence-corrected chi connectivity index (χ4v) is 3.69. The molecule has 16 heteroatoms. The number of benzene rings is 1. The van der Waals surface area contributed by atoms with Gasteiger partial charge >= 0.3 is 18.3 Å². The summed E-state index contributed by atoms with van der Waals surface area (Å²) in [5.74, 6) is -7.63. The lowest BCUT2D eigenvalue weighted by atomic mass is 10.1. The summed E-state index contributed by atoms with van der Waals surface area (Å²) in [4.78, 5) is 12.5. The van der Waals surface area contributed by atoms with Gasteiger partial charge in [0.05, 0.1) is 22.9 Å². The molecule has 0 aliphatic rings. The van der Waals surface area contributed by atoms with Gasteiger partial charge in [-0.05, 0) is 30.5 Å². The Balaban J connectivity index is 2.00. The normalized spacial score (nSPS) is 12.4. The first-order valence-corrected chi connectivity index (χ1v) is 11.1. The van der Waals surface area contributed by atoms with Gasteiger partial charge < -0.3 is 5.32 Å². The molecule has 7 nitrogen and oxygen atoms in total. The molecule has 3 rings (SSSR count). The number of aromatic nitrogens is 4. The predicted octanol–water partition coefficient (Wildman–Crippen LogP) is 6.02. The molecule has 0 radical (unpaired) electrons. The number of hydrogen-bond acceptors (Lipinski definition) is 4. The van der Waals surface area contributed by atoms with Gasteiger partial charge in [0.15, 0.2) is 11.5 Å². The molecule has 2 aromatic heterocycles. The quantitative estimate of drug-likeness (QED) is 0.266. The molecule has 0 atom stereocenters. The zero-order chi connectivity index (χ0) is 28.5. The van der Waals surface area contributed by atoms with Crippen molar-refractivity contribution in [1.82, 2.24) is 24.9 Å². The van der Waals surface area contributed by atoms with Gasteiger partial charge in [0, 0.05) is 31.8 Å². The highest BCUT2D eigenvalue weighted by molar-refractivity contribution is 6.34. The summed E-state index contributed by atoms with van der Waals surface area (Å²) in [5, 5.41) is 17.8. The summed E-state index contributed by atoms with van der Waals surface area (Å²) < 4.78 is 108. The number of halogens is 9. The molecule has 0 aliphatic carbocycles. The number of amides is 1. The van der Waals surface area contributed by atoms with E-state index in [1.807, 2.05) is 6.07 Å². The Morgan fingerprint density at radius 3 is 2.39 bits per heavy atom. The number of unbranched alkanes of at least 4 members (excludes halogenated alkanes) is 2. The smallest absolute Gasteiger partial charge is 0.352 e. The summed E-state index contributed by atoms with van der Waals surface area (Å²) in [6.45, 7) is 0.255. The van der Waals surface area contributed by atoms with Crippen LogP contribution in [-0.4, -0.2) is 38.2 Å². The Bertz CT molecular complexity index is 1370. The average Bonchev–Trinajstić information content (AvgIpc) is 3.43. The second kappa shape index (κ2) is 10.6. The Hall–Kier alpha value is -3.67. The predicted molar refractivity (Wildman–Crippen MR) is 118 cm³/mol. The number of nitrogens with zero attached hydrogens (tertiary/aromatic N) is 5. The fraction of sp³-hybridized carbons (Fsp3) is 0.364. The molecule has 0 bridgehead atoms. The monoisotopic (exact) mass is 568 g/mol. The molecular weight excluding hydrogens is 552 g/mol. The molecule has 1 N–H and O–H groups in total. The SMILES string of the molecule is Cn1nc(C(F)(F)C(F)(F)F)c(C(F)(F)F)c1-n1cc(-c2ccc(Cl)c(C(=O)NCCCCC#N)c2)cn1. The van der Waals surface area contributed by atoms with Crippen LogP contribution in [0.3, 0.4) is 0 Å². The Labute approximate surface area is 214 Å². The fourth-order valence-electron chi connectivity index (χ4n) is 3.49. The Morgan fingerprint density at radius 1 is 1.11 bits per heavy atom. The molecule has 0 fully saturated rings. The highest BCUT2D eigenvalue weighted by atomic mass is 35.5. The van der Waals surface area contributed by atoms with Crippen molar-refractivity contribution in [2.45, 2.75) is 37.5 Å². The molecule has 38 heavy (non-hydrogen) atoms. The maximum absolute atomic E-state index is 13.9. The molecule has 1 aromatic carbocycles. The maximum Gasteiger partial charge on any atom is 0.459 e. The van der Waals surface area contributed by atoms with E-state index in [1.165, 1.54) is 18.2 Å². The highest BCUT2D eigenvalue weighted by Gasteiger charge is 2.64. The minimum atomic E-state index is -6.33. The maximum atomic E-state index is 13.9. The van der Waals surface area contributed by atoms with Crippen molar-refractivity contribution in [3.63, 3.8) is 0 Å². The van der Waals surface area contributed by atoms with E-state index >= 15 is 0 Å². The van der Waals surface area contributed by atoms with E-state index in [-0.39, 0.29) is 32.9 Å². The zero-order valence-electron chi connectivity index (χ0n) is 19.3. The molecule has 0 spiro atoms. The van der Waals surface area contributed by atoms with Crippen LogP contribution in [-0.2, 0) is 19.1 Å². The summed E-state index contributed by atoms with van der Waals surface area (Å²) in [6.07, 6.45) is -8.57. The zero-order valence-corrected chi connectivity index (χ0v) is 20.0. The van der Waals surface area contributed by atoms with Gasteiger partial charge in [0.2, 0.25) is 0 Å². The molecule has 3 aromatic rings. The van der Waals surface area contributed by atoms with Crippen LogP contribution in [0.1, 0.15) is 40.9 Å². The molecule has 1 amide bonds. The summed E-state index contributed by atoms with van der Waals surface area (Å²) >= 11 is 6.09. The van der Waals surface area contributed by atoms with Crippen molar-refractivity contribution in [2.75, 3.05) is 6.54 Å². The number of carbonyl (C=O) groups is 1. The van der Waals surface area contributed by atoms with Crippen molar-refractivity contribution in [1.29, 1.82) is 5.26 Å². The number of alkyl halides is 8. The van der Waals surface area contributed by atoms with Crippen molar-refractivity contribution in [2.24, 2.45) is 7.05 Å². The Morgan fingerprint density at radius 2 is 1.79 bits per heavy atom. The van der Waals surface area contributed by atoms with Gasteiger partial charge in [-0.15, -0.1) is 0 Å². The molecular formula is C22H17ClF8N6O. The van der Waals surface area contributed by atoms with E-state index in [4.69, 9.17) is 16.9 Å². The van der Waals surface area contributed by atoms with Crippen molar-refractivity contribution >= 4 is 17.5 Å². The van der Waals surface area contributed by atoms with Gasteiger partial charge in [0.25, 0.3) is 5.91 Å². The Kier molecular flexibility index (Phi) is 8.06. The van der Waals surface area contributed by atoms with E-state index in [2.05, 4.69) is 15.5 Å². The van der Waals surface area contributed by atoms with E-state index in [0.717, 1.165) is 19.4 Å². The van der Waals surface area contributed by atoms with Gasteiger partial charge in [-0.25, -0.2) is 9.36 Å². The first-order chi connectivity index (χ1) is 17.6. The van der Waals surface area contributed by atoms with Gasteiger partial charge in [-0.1, -0.05) is 17.7 Å². The molecule has 2 heterocycles. The third-order valence-corrected chi connectivity index (χ3v) is 5.63. The standard InChI is InChI=1S/C22H17ClF8N6O/c1-36-19(16(21(26,27)28)17(35-36)20(24,25)22(29,30)31)37-11-13(10-34-37)12-5-6-15(23)14(9-12)18(38)33-8-4-2-3-7-32/h5-6,9-11H,2-4,8H2,1H3,(H,33,38). The second-order valence-corrected chi connectivity index (χ2v) is 8.39. The van der Waals surface area contributed by atoms with Crippen LogP contribution in [0.4, 0.5) is 35.1 Å². The third-order valence-electron chi connectivity index (χ3n) is 5.30. The summed E-state index contributed by atoms with van der Waals surface area (Å²) in [5.41, 5.74) is -4.45. The van der Waals surface area contributed by atoms with Crippen LogP contribution in [0.25, 0.3) is 16.9 Å². The number of aryl methyl sites for hydroxylation is 1. The molecule has 0 aliphatic heterocycles. The molecule has 204 valence electrons. The van der Waals surface area contributed by atoms with Crippen molar-refractivity contribution in [3.05, 3.63) is 52.4 Å². The largest absolute Gasteiger partial charge is 0.459 e. The first kappa shape index (κ1) is 28.9. The van der Waals surface area contributed by atoms with Gasteiger partial charge in [0.1, 0.15) is 5.56 Å². The van der Waals surface area contributed by atoms with Crippen LogP contribution >= 0.6 is 11.6 Å². The van der Waals surface area contributed by atoms with Crippen molar-refractivity contribution < 1.29 is 39.9 Å². The lowest BCUT2D eigenvalue weighted by Crippen LogP contribution is -2.36.